The summed E-state index contributed by atoms with van der Waals surface area (Å²) in [5, 5.41) is 5.68. The molecule has 4 nitrogen and oxygen atoms in total. The third-order valence-electron chi connectivity index (χ3n) is 1.82. The van der Waals surface area contributed by atoms with Crippen molar-refractivity contribution in [1.82, 2.24) is 10.3 Å². The first-order valence-electron chi connectivity index (χ1n) is 4.70. The zero-order valence-electron chi connectivity index (χ0n) is 8.50. The number of carbonyl (C=O) groups is 1. The minimum atomic E-state index is -0.0676. The second kappa shape index (κ2) is 5.21. The quantitative estimate of drug-likeness (QED) is 0.757. The predicted molar refractivity (Wildman–Crippen MR) is 56.4 cm³/mol. The van der Waals surface area contributed by atoms with Crippen molar-refractivity contribution < 1.29 is 4.79 Å². The summed E-state index contributed by atoms with van der Waals surface area (Å²) >= 11 is 0. The second-order valence-corrected chi connectivity index (χ2v) is 2.94. The van der Waals surface area contributed by atoms with Gasteiger partial charge >= 0.3 is 0 Å². The van der Waals surface area contributed by atoms with E-state index in [4.69, 9.17) is 0 Å². The molecule has 1 rings (SSSR count). The van der Waals surface area contributed by atoms with E-state index >= 15 is 0 Å². The van der Waals surface area contributed by atoms with Crippen LogP contribution in [0.5, 0.6) is 0 Å². The fourth-order valence-electron chi connectivity index (χ4n) is 1.02. The Labute approximate surface area is 83.7 Å². The normalized spacial score (nSPS) is 9.57. The lowest BCUT2D eigenvalue weighted by Crippen LogP contribution is -2.24. The maximum Gasteiger partial charge on any atom is 0.252 e. The molecule has 0 fully saturated rings. The fraction of sp³-hybridized carbons (Fsp3) is 0.400. The Morgan fingerprint density at radius 1 is 1.50 bits per heavy atom. The van der Waals surface area contributed by atoms with Gasteiger partial charge in [0.1, 0.15) is 5.82 Å². The molecule has 0 aliphatic heterocycles. The molecule has 1 heterocycles. The van der Waals surface area contributed by atoms with Crippen molar-refractivity contribution in [2.24, 2.45) is 0 Å². The van der Waals surface area contributed by atoms with Gasteiger partial charge in [-0.05, 0) is 18.6 Å². The van der Waals surface area contributed by atoms with E-state index < -0.39 is 0 Å². The van der Waals surface area contributed by atoms with Gasteiger partial charge in [-0.2, -0.15) is 0 Å². The van der Waals surface area contributed by atoms with Gasteiger partial charge in [0, 0.05) is 19.8 Å². The van der Waals surface area contributed by atoms with Crippen LogP contribution in [0.25, 0.3) is 0 Å². The first kappa shape index (κ1) is 10.5. The van der Waals surface area contributed by atoms with Gasteiger partial charge < -0.3 is 10.6 Å². The highest BCUT2D eigenvalue weighted by Crippen LogP contribution is 2.03. The summed E-state index contributed by atoms with van der Waals surface area (Å²) in [5.74, 6) is 0.694. The fourth-order valence-corrected chi connectivity index (χ4v) is 1.02. The smallest absolute Gasteiger partial charge is 0.252 e. The first-order chi connectivity index (χ1) is 6.77. The van der Waals surface area contributed by atoms with Crippen molar-refractivity contribution in [3.8, 4) is 0 Å². The van der Waals surface area contributed by atoms with Crippen LogP contribution in [0.1, 0.15) is 23.7 Å². The molecular formula is C10H15N3O. The maximum atomic E-state index is 11.4. The summed E-state index contributed by atoms with van der Waals surface area (Å²) in [6.45, 7) is 2.72. The van der Waals surface area contributed by atoms with Gasteiger partial charge in [0.2, 0.25) is 0 Å². The van der Waals surface area contributed by atoms with E-state index in [-0.39, 0.29) is 5.91 Å². The van der Waals surface area contributed by atoms with E-state index in [2.05, 4.69) is 15.6 Å². The van der Waals surface area contributed by atoms with Crippen LogP contribution >= 0.6 is 0 Å². The van der Waals surface area contributed by atoms with Crippen LogP contribution in [0, 0.1) is 0 Å². The molecule has 0 saturated heterocycles. The standard InChI is InChI=1S/C10H15N3O/c1-3-6-12-10(14)8-4-5-9(11-2)13-7-8/h4-5,7H,3,6H2,1-2H3,(H,11,13)(H,12,14). The number of amides is 1. The number of carbonyl (C=O) groups excluding carboxylic acids is 1. The topological polar surface area (TPSA) is 54.0 Å². The molecule has 0 aliphatic rings. The van der Waals surface area contributed by atoms with Crippen molar-refractivity contribution in [3.63, 3.8) is 0 Å². The summed E-state index contributed by atoms with van der Waals surface area (Å²) < 4.78 is 0. The van der Waals surface area contributed by atoms with Gasteiger partial charge in [0.25, 0.3) is 5.91 Å². The SMILES string of the molecule is CCCNC(=O)c1ccc(NC)nc1. The molecule has 14 heavy (non-hydrogen) atoms. The Bertz CT molecular complexity index is 295. The summed E-state index contributed by atoms with van der Waals surface area (Å²) in [5.41, 5.74) is 0.595. The van der Waals surface area contributed by atoms with E-state index in [1.807, 2.05) is 6.92 Å². The van der Waals surface area contributed by atoms with Crippen molar-refractivity contribution in [2.45, 2.75) is 13.3 Å². The van der Waals surface area contributed by atoms with Gasteiger partial charge in [0.15, 0.2) is 0 Å². The van der Waals surface area contributed by atoms with Gasteiger partial charge in [-0.1, -0.05) is 6.92 Å². The van der Waals surface area contributed by atoms with Gasteiger partial charge in [-0.15, -0.1) is 0 Å². The molecule has 1 aromatic heterocycles. The van der Waals surface area contributed by atoms with E-state index in [0.717, 1.165) is 12.2 Å². The average molecular weight is 193 g/mol. The van der Waals surface area contributed by atoms with E-state index in [9.17, 15) is 4.79 Å². The number of anilines is 1. The van der Waals surface area contributed by atoms with E-state index in [1.165, 1.54) is 0 Å². The summed E-state index contributed by atoms with van der Waals surface area (Å²) in [6, 6.07) is 3.53. The zero-order valence-corrected chi connectivity index (χ0v) is 8.50. The van der Waals surface area contributed by atoms with Crippen LogP contribution in [-0.4, -0.2) is 24.5 Å². The largest absolute Gasteiger partial charge is 0.373 e. The lowest BCUT2D eigenvalue weighted by Gasteiger charge is -2.03. The third kappa shape index (κ3) is 2.73. The molecule has 76 valence electrons. The van der Waals surface area contributed by atoms with Crippen molar-refractivity contribution >= 4 is 11.7 Å². The van der Waals surface area contributed by atoms with Crippen LogP contribution in [0.15, 0.2) is 18.3 Å². The molecule has 0 spiro atoms. The minimum Gasteiger partial charge on any atom is -0.373 e. The van der Waals surface area contributed by atoms with Crippen LogP contribution in [-0.2, 0) is 0 Å². The number of hydrogen-bond donors (Lipinski definition) is 2. The molecule has 0 aliphatic carbocycles. The molecule has 0 aromatic carbocycles. The first-order valence-corrected chi connectivity index (χ1v) is 4.70. The van der Waals surface area contributed by atoms with Gasteiger partial charge in [-0.3, -0.25) is 4.79 Å². The maximum absolute atomic E-state index is 11.4. The minimum absolute atomic E-state index is 0.0676. The summed E-state index contributed by atoms with van der Waals surface area (Å²) in [6.07, 6.45) is 2.50. The van der Waals surface area contributed by atoms with Crippen LogP contribution in [0.4, 0.5) is 5.82 Å². The van der Waals surface area contributed by atoms with Crippen molar-refractivity contribution in [1.29, 1.82) is 0 Å². The molecule has 0 saturated carbocycles. The molecule has 4 heteroatoms. The highest BCUT2D eigenvalue weighted by Gasteiger charge is 2.03. The monoisotopic (exact) mass is 193 g/mol. The Morgan fingerprint density at radius 2 is 2.29 bits per heavy atom. The highest BCUT2D eigenvalue weighted by atomic mass is 16.1. The Kier molecular flexibility index (Phi) is 3.91. The summed E-state index contributed by atoms with van der Waals surface area (Å²) in [7, 11) is 1.79. The molecule has 0 unspecified atom stereocenters. The van der Waals surface area contributed by atoms with Crippen molar-refractivity contribution in [3.05, 3.63) is 23.9 Å². The predicted octanol–water partition coefficient (Wildman–Crippen LogP) is 1.26. The molecule has 2 N–H and O–H groups in total. The molecular weight excluding hydrogens is 178 g/mol. The Morgan fingerprint density at radius 3 is 2.79 bits per heavy atom. The van der Waals surface area contributed by atoms with Gasteiger partial charge in [-0.25, -0.2) is 4.98 Å². The second-order valence-electron chi connectivity index (χ2n) is 2.94. The number of nitrogens with zero attached hydrogens (tertiary/aromatic N) is 1. The average Bonchev–Trinajstić information content (AvgIpc) is 2.26. The van der Waals surface area contributed by atoms with Crippen molar-refractivity contribution in [2.75, 3.05) is 18.9 Å². The van der Waals surface area contributed by atoms with Gasteiger partial charge in [0.05, 0.1) is 5.56 Å². The molecule has 0 atom stereocenters. The highest BCUT2D eigenvalue weighted by molar-refractivity contribution is 5.93. The van der Waals surface area contributed by atoms with E-state index in [0.29, 0.717) is 12.1 Å². The number of pyridine rings is 1. The number of nitrogens with one attached hydrogen (secondary N) is 2. The third-order valence-corrected chi connectivity index (χ3v) is 1.82. The zero-order chi connectivity index (χ0) is 10.4. The number of aromatic nitrogens is 1. The molecule has 1 aromatic rings. The Balaban J connectivity index is 2.62. The summed E-state index contributed by atoms with van der Waals surface area (Å²) in [4.78, 5) is 15.5. The van der Waals surface area contributed by atoms with Crippen LogP contribution in [0.2, 0.25) is 0 Å². The van der Waals surface area contributed by atoms with E-state index in [1.54, 1.807) is 25.4 Å². The van der Waals surface area contributed by atoms with Crippen LogP contribution in [0.3, 0.4) is 0 Å². The lowest BCUT2D eigenvalue weighted by molar-refractivity contribution is 0.0953. The molecule has 0 radical (unpaired) electrons. The molecule has 0 bridgehead atoms. The Hall–Kier alpha value is -1.58. The van der Waals surface area contributed by atoms with Crippen LogP contribution < -0.4 is 10.6 Å². The number of hydrogen-bond acceptors (Lipinski definition) is 3. The lowest BCUT2D eigenvalue weighted by atomic mass is 10.2. The number of rotatable bonds is 4. The molecule has 1 amide bonds.